The average molecular weight is 556 g/mol. The van der Waals surface area contributed by atoms with Gasteiger partial charge in [0.15, 0.2) is 0 Å². The molecular formula is C29H34ClN3O4S. The molecule has 0 unspecified atom stereocenters. The first-order valence-corrected chi connectivity index (χ1v) is 14.3. The number of para-hydroxylation sites is 1. The molecule has 3 aromatic carbocycles. The maximum atomic E-state index is 13.9. The highest BCUT2D eigenvalue weighted by atomic mass is 35.5. The van der Waals surface area contributed by atoms with Gasteiger partial charge >= 0.3 is 0 Å². The quantitative estimate of drug-likeness (QED) is 0.359. The van der Waals surface area contributed by atoms with E-state index >= 15 is 0 Å². The van der Waals surface area contributed by atoms with Crippen LogP contribution in [0.5, 0.6) is 0 Å². The first-order valence-electron chi connectivity index (χ1n) is 12.5. The Balaban J connectivity index is 1.99. The minimum absolute atomic E-state index is 0.00623. The number of benzene rings is 3. The van der Waals surface area contributed by atoms with E-state index in [9.17, 15) is 18.0 Å². The normalized spacial score (nSPS) is 12.2. The van der Waals surface area contributed by atoms with Crippen LogP contribution in [0, 0.1) is 12.8 Å². The summed E-state index contributed by atoms with van der Waals surface area (Å²) in [6.07, 6.45) is 0. The van der Waals surface area contributed by atoms with Crippen molar-refractivity contribution in [3.05, 3.63) is 95.0 Å². The Bertz CT molecular complexity index is 1350. The lowest BCUT2D eigenvalue weighted by Crippen LogP contribution is -2.51. The number of aryl methyl sites for hydroxylation is 1. The Hall–Kier alpha value is -3.36. The number of carbonyl (C=O) groups excluding carboxylic acids is 2. The molecule has 0 saturated carbocycles. The number of sulfonamides is 1. The minimum atomic E-state index is -4.12. The summed E-state index contributed by atoms with van der Waals surface area (Å²) in [5.74, 6) is -0.556. The topological polar surface area (TPSA) is 86.8 Å². The van der Waals surface area contributed by atoms with Gasteiger partial charge < -0.3 is 10.2 Å². The van der Waals surface area contributed by atoms with E-state index in [1.807, 2.05) is 45.0 Å². The number of hydrogen-bond acceptors (Lipinski definition) is 4. The van der Waals surface area contributed by atoms with Gasteiger partial charge in [0, 0.05) is 18.1 Å². The third kappa shape index (κ3) is 7.36. The number of hydrogen-bond donors (Lipinski definition) is 1. The Labute approximate surface area is 230 Å². The molecule has 1 atom stereocenters. The summed E-state index contributed by atoms with van der Waals surface area (Å²) in [4.78, 5) is 28.3. The highest BCUT2D eigenvalue weighted by Gasteiger charge is 2.32. The van der Waals surface area contributed by atoms with Crippen LogP contribution >= 0.6 is 11.6 Å². The van der Waals surface area contributed by atoms with Gasteiger partial charge in [-0.3, -0.25) is 13.9 Å². The van der Waals surface area contributed by atoms with E-state index in [-0.39, 0.29) is 23.3 Å². The van der Waals surface area contributed by atoms with Crippen LogP contribution in [0.25, 0.3) is 0 Å². The third-order valence-electron chi connectivity index (χ3n) is 6.18. The molecule has 0 aliphatic rings. The summed E-state index contributed by atoms with van der Waals surface area (Å²) in [6, 6.07) is 21.0. The van der Waals surface area contributed by atoms with Crippen LogP contribution in [-0.4, -0.2) is 44.3 Å². The highest BCUT2D eigenvalue weighted by molar-refractivity contribution is 7.92. The van der Waals surface area contributed by atoms with Crippen molar-refractivity contribution >= 4 is 39.1 Å². The summed E-state index contributed by atoms with van der Waals surface area (Å²) in [6.45, 7) is 7.71. The standard InChI is InChI=1S/C29H34ClN3O4S/c1-21(2)18-31-29(35)23(4)32(19-24-11-9-8-10-22(24)3)28(34)20-33(26-12-6-5-7-13-26)38(36,37)27-16-14-25(30)15-17-27/h5-17,21,23H,18-20H2,1-4H3,(H,31,35)/t23-/m0/s1. The van der Waals surface area contributed by atoms with Crippen molar-refractivity contribution in [3.8, 4) is 0 Å². The van der Waals surface area contributed by atoms with E-state index in [0.29, 0.717) is 17.3 Å². The second-order valence-corrected chi connectivity index (χ2v) is 11.9. The molecule has 3 aromatic rings. The van der Waals surface area contributed by atoms with E-state index in [0.717, 1.165) is 15.4 Å². The fraction of sp³-hybridized carbons (Fsp3) is 0.310. The Kier molecular flexibility index (Phi) is 9.94. The van der Waals surface area contributed by atoms with Gasteiger partial charge in [-0.05, 0) is 67.3 Å². The number of anilines is 1. The maximum absolute atomic E-state index is 13.9. The molecule has 0 spiro atoms. The fourth-order valence-corrected chi connectivity index (χ4v) is 5.40. The summed E-state index contributed by atoms with van der Waals surface area (Å²) in [5.41, 5.74) is 2.17. The van der Waals surface area contributed by atoms with Crippen LogP contribution in [0.2, 0.25) is 5.02 Å². The van der Waals surface area contributed by atoms with Crippen LogP contribution in [0.4, 0.5) is 5.69 Å². The molecule has 0 aliphatic carbocycles. The molecule has 0 aromatic heterocycles. The smallest absolute Gasteiger partial charge is 0.264 e. The largest absolute Gasteiger partial charge is 0.354 e. The second kappa shape index (κ2) is 12.9. The molecule has 7 nitrogen and oxygen atoms in total. The first-order chi connectivity index (χ1) is 18.0. The van der Waals surface area contributed by atoms with Crippen LogP contribution in [0.15, 0.2) is 83.8 Å². The SMILES string of the molecule is Cc1ccccc1CN(C(=O)CN(c1ccccc1)S(=O)(=O)c1ccc(Cl)cc1)[C@@H](C)C(=O)NCC(C)C. The molecule has 0 radical (unpaired) electrons. The van der Waals surface area contributed by atoms with E-state index in [1.54, 1.807) is 37.3 Å². The first kappa shape index (κ1) is 29.2. The molecule has 1 N–H and O–H groups in total. The van der Waals surface area contributed by atoms with Gasteiger partial charge in [-0.1, -0.05) is 67.9 Å². The summed E-state index contributed by atoms with van der Waals surface area (Å²) < 4.78 is 28.5. The van der Waals surface area contributed by atoms with Crippen LogP contribution in [0.3, 0.4) is 0 Å². The van der Waals surface area contributed by atoms with Gasteiger partial charge in [0.2, 0.25) is 11.8 Å². The molecule has 202 valence electrons. The highest BCUT2D eigenvalue weighted by Crippen LogP contribution is 2.25. The zero-order valence-corrected chi connectivity index (χ0v) is 23.7. The number of nitrogens with one attached hydrogen (secondary N) is 1. The number of rotatable bonds is 11. The van der Waals surface area contributed by atoms with E-state index in [1.165, 1.54) is 29.2 Å². The van der Waals surface area contributed by atoms with Crippen molar-refractivity contribution in [2.75, 3.05) is 17.4 Å². The maximum Gasteiger partial charge on any atom is 0.264 e. The zero-order valence-electron chi connectivity index (χ0n) is 22.1. The van der Waals surface area contributed by atoms with Gasteiger partial charge in [-0.25, -0.2) is 8.42 Å². The van der Waals surface area contributed by atoms with Crippen molar-refractivity contribution in [1.82, 2.24) is 10.2 Å². The summed E-state index contributed by atoms with van der Waals surface area (Å²) >= 11 is 5.98. The van der Waals surface area contributed by atoms with Gasteiger partial charge in [-0.15, -0.1) is 0 Å². The summed E-state index contributed by atoms with van der Waals surface area (Å²) in [5, 5.41) is 3.29. The predicted octanol–water partition coefficient (Wildman–Crippen LogP) is 5.03. The van der Waals surface area contributed by atoms with Gasteiger partial charge in [0.1, 0.15) is 12.6 Å². The third-order valence-corrected chi connectivity index (χ3v) is 8.22. The van der Waals surface area contributed by atoms with Crippen molar-refractivity contribution < 1.29 is 18.0 Å². The summed E-state index contributed by atoms with van der Waals surface area (Å²) in [7, 11) is -4.12. The molecule has 0 fully saturated rings. The van der Waals surface area contributed by atoms with E-state index in [4.69, 9.17) is 11.6 Å². The minimum Gasteiger partial charge on any atom is -0.354 e. The van der Waals surface area contributed by atoms with Crippen molar-refractivity contribution in [2.24, 2.45) is 5.92 Å². The Morgan fingerprint density at radius 2 is 1.50 bits per heavy atom. The lowest BCUT2D eigenvalue weighted by molar-refractivity contribution is -0.139. The van der Waals surface area contributed by atoms with Gasteiger partial charge in [0.25, 0.3) is 10.0 Å². The molecule has 0 saturated heterocycles. The van der Waals surface area contributed by atoms with Crippen molar-refractivity contribution in [3.63, 3.8) is 0 Å². The van der Waals surface area contributed by atoms with E-state index in [2.05, 4.69) is 5.32 Å². The molecule has 0 aliphatic heterocycles. The molecular weight excluding hydrogens is 522 g/mol. The number of nitrogens with zero attached hydrogens (tertiary/aromatic N) is 2. The molecule has 0 heterocycles. The van der Waals surface area contributed by atoms with Crippen LogP contribution in [-0.2, 0) is 26.2 Å². The number of carbonyl (C=O) groups is 2. The van der Waals surface area contributed by atoms with Crippen LogP contribution in [0.1, 0.15) is 31.9 Å². The lowest BCUT2D eigenvalue weighted by Gasteiger charge is -2.32. The fourth-order valence-electron chi connectivity index (χ4n) is 3.86. The second-order valence-electron chi connectivity index (χ2n) is 9.56. The lowest BCUT2D eigenvalue weighted by atomic mass is 10.1. The molecule has 38 heavy (non-hydrogen) atoms. The molecule has 2 amide bonds. The van der Waals surface area contributed by atoms with Gasteiger partial charge in [-0.2, -0.15) is 0 Å². The Morgan fingerprint density at radius 3 is 2.11 bits per heavy atom. The molecule has 0 bridgehead atoms. The average Bonchev–Trinajstić information content (AvgIpc) is 2.90. The van der Waals surface area contributed by atoms with E-state index < -0.39 is 28.5 Å². The number of halogens is 1. The van der Waals surface area contributed by atoms with Gasteiger partial charge in [0.05, 0.1) is 10.6 Å². The Morgan fingerprint density at radius 1 is 0.895 bits per heavy atom. The predicted molar refractivity (Wildman–Crippen MR) is 151 cm³/mol. The molecule has 9 heteroatoms. The van der Waals surface area contributed by atoms with Crippen molar-refractivity contribution in [2.45, 2.75) is 45.2 Å². The monoisotopic (exact) mass is 555 g/mol. The van der Waals surface area contributed by atoms with Crippen molar-refractivity contribution in [1.29, 1.82) is 0 Å². The number of amides is 2. The molecule has 3 rings (SSSR count). The zero-order chi connectivity index (χ0) is 27.9. The van der Waals surface area contributed by atoms with Crippen LogP contribution < -0.4 is 9.62 Å².